The van der Waals surface area contributed by atoms with Crippen molar-refractivity contribution in [1.29, 1.82) is 0 Å². The molecule has 2 N–H and O–H groups in total. The first-order valence-electron chi connectivity index (χ1n) is 9.72. The number of ether oxygens (including phenoxy) is 2. The lowest BCUT2D eigenvalue weighted by Crippen LogP contribution is -2.27. The van der Waals surface area contributed by atoms with E-state index in [-0.39, 0.29) is 12.2 Å². The highest BCUT2D eigenvalue weighted by Gasteiger charge is 2.31. The number of carbonyl (C=O) groups excluding carboxylic acids is 1. The molecule has 0 aromatic rings. The zero-order valence-electron chi connectivity index (χ0n) is 14.4. The normalized spacial score (nSPS) is 36.2. The van der Waals surface area contributed by atoms with Crippen LogP contribution in [-0.2, 0) is 14.3 Å². The second kappa shape index (κ2) is 8.48. The van der Waals surface area contributed by atoms with Crippen molar-refractivity contribution in [2.45, 2.75) is 76.9 Å². The van der Waals surface area contributed by atoms with Crippen LogP contribution in [0.15, 0.2) is 0 Å². The van der Waals surface area contributed by atoms with Gasteiger partial charge in [-0.3, -0.25) is 4.79 Å². The number of primary amides is 1. The minimum Gasteiger partial charge on any atom is -0.370 e. The Morgan fingerprint density at radius 1 is 0.783 bits per heavy atom. The highest BCUT2D eigenvalue weighted by atomic mass is 16.7. The van der Waals surface area contributed by atoms with E-state index in [4.69, 9.17) is 15.2 Å². The van der Waals surface area contributed by atoms with Gasteiger partial charge in [0.15, 0.2) is 6.29 Å². The fourth-order valence-corrected chi connectivity index (χ4v) is 5.04. The quantitative estimate of drug-likeness (QED) is 0.812. The Morgan fingerprint density at radius 3 is 1.83 bits per heavy atom. The Morgan fingerprint density at radius 2 is 1.30 bits per heavy atom. The third-order valence-corrected chi connectivity index (χ3v) is 6.44. The lowest BCUT2D eigenvalue weighted by Gasteiger charge is -2.37. The highest BCUT2D eigenvalue weighted by Crippen LogP contribution is 2.42. The minimum absolute atomic E-state index is 0.0771. The molecule has 0 aromatic carbocycles. The Labute approximate surface area is 140 Å². The molecular weight excluding hydrogens is 290 g/mol. The van der Waals surface area contributed by atoms with Crippen molar-refractivity contribution in [1.82, 2.24) is 0 Å². The summed E-state index contributed by atoms with van der Waals surface area (Å²) in [5.41, 5.74) is 5.33. The molecule has 0 unspecified atom stereocenters. The summed E-state index contributed by atoms with van der Waals surface area (Å²) >= 11 is 0. The van der Waals surface area contributed by atoms with E-state index < -0.39 is 0 Å². The Balaban J connectivity index is 1.32. The van der Waals surface area contributed by atoms with Gasteiger partial charge in [0.25, 0.3) is 0 Å². The van der Waals surface area contributed by atoms with Gasteiger partial charge in [0.2, 0.25) is 5.91 Å². The predicted molar refractivity (Wildman–Crippen MR) is 89.6 cm³/mol. The fourth-order valence-electron chi connectivity index (χ4n) is 5.04. The van der Waals surface area contributed by atoms with E-state index in [1.807, 2.05) is 0 Å². The molecule has 23 heavy (non-hydrogen) atoms. The summed E-state index contributed by atoms with van der Waals surface area (Å²) in [5.74, 6) is 3.15. The first kappa shape index (κ1) is 17.2. The molecule has 4 heteroatoms. The molecule has 4 nitrogen and oxygen atoms in total. The minimum atomic E-state index is -0.121. The van der Waals surface area contributed by atoms with Crippen molar-refractivity contribution >= 4 is 5.91 Å². The molecule has 0 spiro atoms. The van der Waals surface area contributed by atoms with Crippen molar-refractivity contribution in [2.24, 2.45) is 29.4 Å². The van der Waals surface area contributed by atoms with Gasteiger partial charge in [-0.1, -0.05) is 12.8 Å². The first-order valence-corrected chi connectivity index (χ1v) is 9.72. The lowest BCUT2D eigenvalue weighted by atomic mass is 9.68. The summed E-state index contributed by atoms with van der Waals surface area (Å²) in [7, 11) is 0. The topological polar surface area (TPSA) is 61.6 Å². The summed E-state index contributed by atoms with van der Waals surface area (Å²) in [5, 5.41) is 0. The first-order chi connectivity index (χ1) is 11.2. The van der Waals surface area contributed by atoms with E-state index in [1.54, 1.807) is 0 Å². The molecule has 0 aromatic heterocycles. The largest absolute Gasteiger partial charge is 0.370 e. The van der Waals surface area contributed by atoms with Crippen LogP contribution in [0.1, 0.15) is 70.6 Å². The Bertz CT molecular complexity index is 365. The number of hydrogen-bond donors (Lipinski definition) is 1. The maximum Gasteiger partial charge on any atom is 0.217 e. The Hall–Kier alpha value is -0.610. The van der Waals surface area contributed by atoms with Gasteiger partial charge in [0, 0.05) is 6.42 Å². The molecule has 0 bridgehead atoms. The zero-order valence-corrected chi connectivity index (χ0v) is 14.4. The lowest BCUT2D eigenvalue weighted by molar-refractivity contribution is -0.119. The number of hydrogen-bond acceptors (Lipinski definition) is 3. The molecule has 3 rings (SSSR count). The van der Waals surface area contributed by atoms with Crippen LogP contribution >= 0.6 is 0 Å². The maximum atomic E-state index is 11.0. The van der Waals surface area contributed by atoms with Crippen molar-refractivity contribution in [3.8, 4) is 0 Å². The summed E-state index contributed by atoms with van der Waals surface area (Å²) < 4.78 is 11.1. The van der Waals surface area contributed by atoms with Gasteiger partial charge in [-0.05, 0) is 75.0 Å². The summed E-state index contributed by atoms with van der Waals surface area (Å²) in [6, 6.07) is 0. The van der Waals surface area contributed by atoms with Crippen LogP contribution in [0.2, 0.25) is 0 Å². The van der Waals surface area contributed by atoms with Crippen molar-refractivity contribution in [2.75, 3.05) is 13.2 Å². The van der Waals surface area contributed by atoms with E-state index in [0.717, 1.165) is 37.4 Å². The fraction of sp³-hybridized carbons (Fsp3) is 0.947. The molecule has 3 aliphatic rings. The van der Waals surface area contributed by atoms with Crippen LogP contribution in [0.3, 0.4) is 0 Å². The summed E-state index contributed by atoms with van der Waals surface area (Å²) in [6.07, 6.45) is 13.7. The van der Waals surface area contributed by atoms with Gasteiger partial charge in [-0.15, -0.1) is 0 Å². The van der Waals surface area contributed by atoms with Crippen LogP contribution in [-0.4, -0.2) is 25.4 Å². The van der Waals surface area contributed by atoms with E-state index in [1.165, 1.54) is 57.8 Å². The molecule has 1 heterocycles. The number of nitrogens with two attached hydrogens (primary N) is 1. The highest BCUT2D eigenvalue weighted by molar-refractivity contribution is 5.73. The van der Waals surface area contributed by atoms with Crippen LogP contribution in [0.5, 0.6) is 0 Å². The van der Waals surface area contributed by atoms with Crippen molar-refractivity contribution in [3.05, 3.63) is 0 Å². The smallest absolute Gasteiger partial charge is 0.217 e. The average Bonchev–Trinajstić information content (AvgIpc) is 3.07. The standard InChI is InChI=1S/C19H33NO3/c20-18(21)13-15-3-8-17(9-4-15)16-6-1-14(2-7-16)5-10-19-22-11-12-23-19/h14-17,19H,1-13H2,(H2,20,21). The van der Waals surface area contributed by atoms with Crippen LogP contribution in [0, 0.1) is 23.7 Å². The molecule has 1 amide bonds. The van der Waals surface area contributed by atoms with E-state index >= 15 is 0 Å². The molecule has 1 saturated heterocycles. The molecule has 1 aliphatic heterocycles. The molecule has 2 saturated carbocycles. The molecule has 3 fully saturated rings. The molecular formula is C19H33NO3. The molecule has 0 atom stereocenters. The van der Waals surface area contributed by atoms with Gasteiger partial charge in [0.1, 0.15) is 0 Å². The van der Waals surface area contributed by atoms with Gasteiger partial charge in [0.05, 0.1) is 13.2 Å². The number of rotatable bonds is 6. The van der Waals surface area contributed by atoms with Gasteiger partial charge in [-0.25, -0.2) is 0 Å². The number of carbonyl (C=O) groups is 1. The second-order valence-corrected chi connectivity index (χ2v) is 7.98. The van der Waals surface area contributed by atoms with E-state index in [9.17, 15) is 4.79 Å². The average molecular weight is 323 g/mol. The van der Waals surface area contributed by atoms with E-state index in [2.05, 4.69) is 0 Å². The summed E-state index contributed by atoms with van der Waals surface area (Å²) in [6.45, 7) is 1.55. The van der Waals surface area contributed by atoms with Gasteiger partial charge >= 0.3 is 0 Å². The number of amides is 1. The van der Waals surface area contributed by atoms with E-state index in [0.29, 0.717) is 12.3 Å². The van der Waals surface area contributed by atoms with Crippen LogP contribution in [0.25, 0.3) is 0 Å². The molecule has 132 valence electrons. The maximum absolute atomic E-state index is 11.0. The van der Waals surface area contributed by atoms with Gasteiger partial charge in [-0.2, -0.15) is 0 Å². The molecule has 2 aliphatic carbocycles. The zero-order chi connectivity index (χ0) is 16.1. The monoisotopic (exact) mass is 323 g/mol. The molecule has 0 radical (unpaired) electrons. The third-order valence-electron chi connectivity index (χ3n) is 6.44. The van der Waals surface area contributed by atoms with Crippen molar-refractivity contribution < 1.29 is 14.3 Å². The summed E-state index contributed by atoms with van der Waals surface area (Å²) in [4.78, 5) is 11.0. The third kappa shape index (κ3) is 5.18. The Kier molecular flexibility index (Phi) is 6.35. The SMILES string of the molecule is NC(=O)CC1CCC(C2CCC(CCC3OCCO3)CC2)CC1. The van der Waals surface area contributed by atoms with Crippen LogP contribution < -0.4 is 5.73 Å². The predicted octanol–water partition coefficient (Wildman–Crippen LogP) is 3.63. The van der Waals surface area contributed by atoms with Gasteiger partial charge < -0.3 is 15.2 Å². The van der Waals surface area contributed by atoms with Crippen molar-refractivity contribution in [3.63, 3.8) is 0 Å². The van der Waals surface area contributed by atoms with Crippen LogP contribution in [0.4, 0.5) is 0 Å². The second-order valence-electron chi connectivity index (χ2n) is 7.98.